The molecule has 32 heavy (non-hydrogen) atoms. The average Bonchev–Trinajstić information content (AvgIpc) is 2.81. The van der Waals surface area contributed by atoms with Gasteiger partial charge < -0.3 is 11.1 Å². The van der Waals surface area contributed by atoms with Crippen LogP contribution in [0.5, 0.6) is 0 Å². The van der Waals surface area contributed by atoms with Crippen LogP contribution in [0.4, 0.5) is 0 Å². The van der Waals surface area contributed by atoms with Crippen molar-refractivity contribution in [2.75, 3.05) is 13.1 Å². The van der Waals surface area contributed by atoms with Crippen LogP contribution in [-0.2, 0) is 21.5 Å². The van der Waals surface area contributed by atoms with Crippen molar-refractivity contribution in [3.8, 4) is 0 Å². The van der Waals surface area contributed by atoms with Gasteiger partial charge in [-0.15, -0.1) is 0 Å². The van der Waals surface area contributed by atoms with Crippen molar-refractivity contribution in [3.63, 3.8) is 0 Å². The Morgan fingerprint density at radius 1 is 1.12 bits per heavy atom. The highest BCUT2D eigenvalue weighted by atomic mass is 35.5. The van der Waals surface area contributed by atoms with Crippen LogP contribution in [-0.4, -0.2) is 47.7 Å². The molecule has 4 rings (SSSR count). The highest BCUT2D eigenvalue weighted by Gasteiger charge is 2.45. The number of nitrogens with two attached hydrogens (primary N) is 1. The van der Waals surface area contributed by atoms with E-state index in [1.807, 2.05) is 36.4 Å². The molecule has 0 radical (unpaired) electrons. The SMILES string of the molecule is CC1(N2CC(Cc3ccccc3)NC(C(=O)C=O)C2)CCC(N)(c2cccc(Cl)c2)CC1. The van der Waals surface area contributed by atoms with Crippen LogP contribution in [0.2, 0.25) is 5.02 Å². The van der Waals surface area contributed by atoms with Gasteiger partial charge in [0, 0.05) is 35.2 Å². The lowest BCUT2D eigenvalue weighted by Gasteiger charge is -2.52. The molecule has 0 amide bonds. The van der Waals surface area contributed by atoms with Crippen molar-refractivity contribution in [1.82, 2.24) is 10.2 Å². The van der Waals surface area contributed by atoms with Gasteiger partial charge in [0.2, 0.25) is 5.78 Å². The summed E-state index contributed by atoms with van der Waals surface area (Å²) in [6.07, 6.45) is 4.83. The molecule has 5 nitrogen and oxygen atoms in total. The van der Waals surface area contributed by atoms with Gasteiger partial charge in [0.15, 0.2) is 6.29 Å². The van der Waals surface area contributed by atoms with Crippen LogP contribution in [0.15, 0.2) is 54.6 Å². The smallest absolute Gasteiger partial charge is 0.213 e. The minimum atomic E-state index is -0.468. The molecule has 2 unspecified atom stereocenters. The summed E-state index contributed by atoms with van der Waals surface area (Å²) in [6, 6.07) is 17.8. The predicted octanol–water partition coefficient (Wildman–Crippen LogP) is 3.48. The van der Waals surface area contributed by atoms with Crippen LogP contribution >= 0.6 is 11.6 Å². The number of piperazine rings is 1. The number of hydrogen-bond acceptors (Lipinski definition) is 5. The summed E-state index contributed by atoms with van der Waals surface area (Å²) in [5.74, 6) is -0.376. The molecule has 2 fully saturated rings. The number of Topliss-reactive ketones (excluding diaryl/α,β-unsaturated/α-hetero) is 1. The topological polar surface area (TPSA) is 75.4 Å². The van der Waals surface area contributed by atoms with E-state index in [9.17, 15) is 9.59 Å². The monoisotopic (exact) mass is 453 g/mol. The Bertz CT molecular complexity index is 957. The van der Waals surface area contributed by atoms with Gasteiger partial charge in [-0.1, -0.05) is 54.1 Å². The summed E-state index contributed by atoms with van der Waals surface area (Å²) in [6.45, 7) is 3.66. The zero-order valence-electron chi connectivity index (χ0n) is 18.6. The van der Waals surface area contributed by atoms with Gasteiger partial charge in [0.25, 0.3) is 0 Å². The second-order valence-corrected chi connectivity index (χ2v) is 10.1. The molecule has 1 heterocycles. The van der Waals surface area contributed by atoms with Gasteiger partial charge in [-0.05, 0) is 62.3 Å². The number of carbonyl (C=O) groups excluding carboxylic acids is 2. The van der Waals surface area contributed by atoms with Gasteiger partial charge in [-0.3, -0.25) is 14.5 Å². The summed E-state index contributed by atoms with van der Waals surface area (Å²) < 4.78 is 0. The standard InChI is InChI=1S/C26H32ClN3O2/c1-25(10-12-26(28,13-11-25)20-8-5-9-21(27)15-20)30-16-22(14-19-6-3-2-4-7-19)29-23(17-30)24(32)18-31/h2-9,15,18,22-23,29H,10-14,16-17,28H2,1H3. The van der Waals surface area contributed by atoms with Crippen molar-refractivity contribution < 1.29 is 9.59 Å². The molecule has 0 spiro atoms. The number of nitrogens with zero attached hydrogens (tertiary/aromatic N) is 1. The number of benzene rings is 2. The number of halogens is 1. The van der Waals surface area contributed by atoms with Crippen molar-refractivity contribution in [2.24, 2.45) is 5.73 Å². The van der Waals surface area contributed by atoms with Crippen molar-refractivity contribution in [3.05, 3.63) is 70.7 Å². The summed E-state index contributed by atoms with van der Waals surface area (Å²) >= 11 is 6.21. The van der Waals surface area contributed by atoms with Crippen molar-refractivity contribution in [1.29, 1.82) is 0 Å². The molecule has 2 aromatic carbocycles. The Kier molecular flexibility index (Phi) is 6.82. The molecule has 0 bridgehead atoms. The van der Waals surface area contributed by atoms with Gasteiger partial charge in [-0.25, -0.2) is 0 Å². The molecule has 1 saturated carbocycles. The minimum absolute atomic E-state index is 0.0695. The normalized spacial score (nSPS) is 31.2. The molecule has 0 aromatic heterocycles. The van der Waals surface area contributed by atoms with Crippen LogP contribution in [0, 0.1) is 0 Å². The Labute approximate surface area is 195 Å². The fourth-order valence-electron chi connectivity index (χ4n) is 5.31. The van der Waals surface area contributed by atoms with E-state index < -0.39 is 6.04 Å². The largest absolute Gasteiger partial charge is 0.321 e. The van der Waals surface area contributed by atoms with Gasteiger partial charge in [0.1, 0.15) is 0 Å². The summed E-state index contributed by atoms with van der Waals surface area (Å²) in [4.78, 5) is 26.0. The maximum atomic E-state index is 12.3. The zero-order valence-corrected chi connectivity index (χ0v) is 19.4. The molecule has 2 aliphatic rings. The van der Waals surface area contributed by atoms with Gasteiger partial charge in [0.05, 0.1) is 6.04 Å². The fourth-order valence-corrected chi connectivity index (χ4v) is 5.50. The molecule has 1 saturated heterocycles. The lowest BCUT2D eigenvalue weighted by Crippen LogP contribution is -2.66. The van der Waals surface area contributed by atoms with E-state index >= 15 is 0 Å². The predicted molar refractivity (Wildman–Crippen MR) is 128 cm³/mol. The van der Waals surface area contributed by atoms with Crippen LogP contribution in [0.1, 0.15) is 43.7 Å². The van der Waals surface area contributed by atoms with E-state index in [0.29, 0.717) is 17.9 Å². The first-order valence-electron chi connectivity index (χ1n) is 11.4. The molecule has 6 heteroatoms. The number of rotatable bonds is 6. The first-order chi connectivity index (χ1) is 15.3. The molecule has 1 aliphatic heterocycles. The Morgan fingerprint density at radius 3 is 2.50 bits per heavy atom. The number of ketones is 1. The van der Waals surface area contributed by atoms with Crippen molar-refractivity contribution in [2.45, 2.75) is 62.2 Å². The molecular formula is C26H32ClN3O2. The molecule has 3 N–H and O–H groups in total. The maximum Gasteiger partial charge on any atom is 0.213 e. The fraction of sp³-hybridized carbons (Fsp3) is 0.462. The third-order valence-electron chi connectivity index (χ3n) is 7.45. The minimum Gasteiger partial charge on any atom is -0.321 e. The van der Waals surface area contributed by atoms with E-state index in [1.165, 1.54) is 5.56 Å². The molecule has 170 valence electrons. The lowest BCUT2D eigenvalue weighted by atomic mass is 9.69. The van der Waals surface area contributed by atoms with E-state index in [0.717, 1.165) is 44.2 Å². The number of hydrogen-bond donors (Lipinski definition) is 2. The first kappa shape index (κ1) is 23.1. The number of nitrogens with one attached hydrogen (secondary N) is 1. The summed E-state index contributed by atoms with van der Waals surface area (Å²) in [7, 11) is 0. The van der Waals surface area contributed by atoms with Gasteiger partial charge >= 0.3 is 0 Å². The first-order valence-corrected chi connectivity index (χ1v) is 11.8. The molecule has 2 atom stereocenters. The van der Waals surface area contributed by atoms with Crippen LogP contribution in [0.3, 0.4) is 0 Å². The Hall–Kier alpha value is -2.05. The van der Waals surface area contributed by atoms with E-state index in [1.54, 1.807) is 0 Å². The summed E-state index contributed by atoms with van der Waals surface area (Å²) in [5.41, 5.74) is 8.69. The average molecular weight is 454 g/mol. The molecule has 2 aromatic rings. The van der Waals surface area contributed by atoms with Crippen LogP contribution < -0.4 is 11.1 Å². The van der Waals surface area contributed by atoms with Crippen LogP contribution in [0.25, 0.3) is 0 Å². The molecule has 1 aliphatic carbocycles. The van der Waals surface area contributed by atoms with E-state index in [-0.39, 0.29) is 22.9 Å². The quantitative estimate of drug-likeness (QED) is 0.517. The number of carbonyl (C=O) groups is 2. The second kappa shape index (κ2) is 9.44. The van der Waals surface area contributed by atoms with E-state index in [4.69, 9.17) is 17.3 Å². The molecular weight excluding hydrogens is 422 g/mol. The number of aldehydes is 1. The van der Waals surface area contributed by atoms with Crippen molar-refractivity contribution >= 4 is 23.7 Å². The van der Waals surface area contributed by atoms with Gasteiger partial charge in [-0.2, -0.15) is 0 Å². The summed E-state index contributed by atoms with van der Waals surface area (Å²) in [5, 5.41) is 4.14. The highest BCUT2D eigenvalue weighted by molar-refractivity contribution is 6.30. The highest BCUT2D eigenvalue weighted by Crippen LogP contribution is 2.43. The lowest BCUT2D eigenvalue weighted by molar-refractivity contribution is -0.133. The van der Waals surface area contributed by atoms with E-state index in [2.05, 4.69) is 35.3 Å². The third kappa shape index (κ3) is 4.96. The second-order valence-electron chi connectivity index (χ2n) is 9.69. The third-order valence-corrected chi connectivity index (χ3v) is 7.68. The Balaban J connectivity index is 1.50. The zero-order chi connectivity index (χ0) is 22.8. The Morgan fingerprint density at radius 2 is 1.84 bits per heavy atom. The maximum absolute atomic E-state index is 12.3.